The molecule has 1 amide bonds. The molecule has 1 rings (SSSR count). The van der Waals surface area contributed by atoms with Crippen molar-refractivity contribution >= 4 is 21.8 Å². The zero-order valence-corrected chi connectivity index (χ0v) is 13.4. The number of rotatable bonds is 5. The maximum Gasteiger partial charge on any atom is 0.254 e. The maximum atomic E-state index is 12.4. The highest BCUT2D eigenvalue weighted by atomic mass is 79.9. The number of hydrogen-bond acceptors (Lipinski definition) is 3. The number of nitrogens with zero attached hydrogens (tertiary/aromatic N) is 2. The first-order valence-corrected chi connectivity index (χ1v) is 7.10. The van der Waals surface area contributed by atoms with Crippen molar-refractivity contribution in [3.63, 3.8) is 0 Å². The van der Waals surface area contributed by atoms with Crippen LogP contribution in [0, 0.1) is 0 Å². The van der Waals surface area contributed by atoms with Crippen LogP contribution in [-0.4, -0.2) is 54.0 Å². The Balaban J connectivity index is 2.91. The second-order valence-corrected chi connectivity index (χ2v) is 5.72. The van der Waals surface area contributed by atoms with Gasteiger partial charge >= 0.3 is 0 Å². The summed E-state index contributed by atoms with van der Waals surface area (Å²) in [5.74, 6) is 0.0295. The van der Waals surface area contributed by atoms with E-state index in [0.717, 1.165) is 6.54 Å². The summed E-state index contributed by atoms with van der Waals surface area (Å²) < 4.78 is 0.591. The molecule has 1 atom stereocenters. The molecule has 5 heteroatoms. The van der Waals surface area contributed by atoms with Crippen LogP contribution < -0.4 is 0 Å². The number of carbonyl (C=O) groups excluding carboxylic acids is 1. The summed E-state index contributed by atoms with van der Waals surface area (Å²) >= 11 is 3.21. The van der Waals surface area contributed by atoms with E-state index in [-0.39, 0.29) is 17.7 Å². The fourth-order valence-electron chi connectivity index (χ4n) is 2.09. The normalized spacial score (nSPS) is 12.5. The third kappa shape index (κ3) is 4.21. The molecule has 0 spiro atoms. The molecule has 1 N–H and O–H groups in total. The topological polar surface area (TPSA) is 43.8 Å². The van der Waals surface area contributed by atoms with Crippen LogP contribution in [-0.2, 0) is 0 Å². The number of benzene rings is 1. The SMILES string of the molecule is CCN(C(=O)c1ccc(Br)c(O)c1)C(C)CN(C)C. The highest BCUT2D eigenvalue weighted by Crippen LogP contribution is 2.25. The average Bonchev–Trinajstić information content (AvgIpc) is 2.32. The summed E-state index contributed by atoms with van der Waals surface area (Å²) in [6.45, 7) is 5.44. The van der Waals surface area contributed by atoms with Crippen molar-refractivity contribution in [2.24, 2.45) is 0 Å². The standard InChI is InChI=1S/C14H21BrN2O2/c1-5-17(10(2)9-16(3)4)14(19)11-6-7-12(15)13(18)8-11/h6-8,10,18H,5,9H2,1-4H3. The minimum atomic E-state index is -0.0559. The molecular weight excluding hydrogens is 308 g/mol. The minimum absolute atomic E-state index is 0.0559. The van der Waals surface area contributed by atoms with Gasteiger partial charge in [-0.1, -0.05) is 0 Å². The van der Waals surface area contributed by atoms with Gasteiger partial charge in [0, 0.05) is 24.7 Å². The van der Waals surface area contributed by atoms with Crippen LogP contribution in [0.2, 0.25) is 0 Å². The maximum absolute atomic E-state index is 12.4. The Kier molecular flexibility index (Phi) is 5.82. The van der Waals surface area contributed by atoms with Crippen molar-refractivity contribution in [1.82, 2.24) is 9.80 Å². The van der Waals surface area contributed by atoms with Crippen LogP contribution in [0.1, 0.15) is 24.2 Å². The molecule has 0 saturated carbocycles. The Morgan fingerprint density at radius 3 is 2.53 bits per heavy atom. The van der Waals surface area contributed by atoms with E-state index in [1.807, 2.05) is 32.8 Å². The van der Waals surface area contributed by atoms with Gasteiger partial charge < -0.3 is 14.9 Å². The Morgan fingerprint density at radius 1 is 1.42 bits per heavy atom. The predicted molar refractivity (Wildman–Crippen MR) is 80.5 cm³/mol. The van der Waals surface area contributed by atoms with E-state index in [1.165, 1.54) is 6.07 Å². The molecule has 0 radical (unpaired) electrons. The van der Waals surface area contributed by atoms with E-state index >= 15 is 0 Å². The van der Waals surface area contributed by atoms with E-state index in [4.69, 9.17) is 0 Å². The van der Waals surface area contributed by atoms with Gasteiger partial charge in [-0.3, -0.25) is 4.79 Å². The summed E-state index contributed by atoms with van der Waals surface area (Å²) in [7, 11) is 3.97. The highest BCUT2D eigenvalue weighted by Gasteiger charge is 2.21. The van der Waals surface area contributed by atoms with Crippen LogP contribution in [0.3, 0.4) is 0 Å². The van der Waals surface area contributed by atoms with E-state index in [1.54, 1.807) is 12.1 Å². The number of halogens is 1. The Labute approximate surface area is 123 Å². The highest BCUT2D eigenvalue weighted by molar-refractivity contribution is 9.10. The second kappa shape index (κ2) is 6.91. The van der Waals surface area contributed by atoms with Gasteiger partial charge in [0.15, 0.2) is 0 Å². The van der Waals surface area contributed by atoms with Crippen LogP contribution in [0.5, 0.6) is 5.75 Å². The first-order valence-electron chi connectivity index (χ1n) is 6.31. The van der Waals surface area contributed by atoms with Crippen molar-refractivity contribution in [2.45, 2.75) is 19.9 Å². The molecule has 0 aliphatic heterocycles. The lowest BCUT2D eigenvalue weighted by Crippen LogP contribution is -2.43. The van der Waals surface area contributed by atoms with Gasteiger partial charge in [-0.15, -0.1) is 0 Å². The van der Waals surface area contributed by atoms with Gasteiger partial charge in [-0.25, -0.2) is 0 Å². The largest absolute Gasteiger partial charge is 0.507 e. The summed E-state index contributed by atoms with van der Waals surface area (Å²) in [4.78, 5) is 16.3. The summed E-state index contributed by atoms with van der Waals surface area (Å²) in [5, 5.41) is 9.66. The van der Waals surface area contributed by atoms with E-state index in [2.05, 4.69) is 20.8 Å². The number of phenolic OH excluding ortho intramolecular Hbond substituents is 1. The van der Waals surface area contributed by atoms with E-state index < -0.39 is 0 Å². The minimum Gasteiger partial charge on any atom is -0.507 e. The van der Waals surface area contributed by atoms with Gasteiger partial charge in [0.2, 0.25) is 0 Å². The molecule has 106 valence electrons. The Morgan fingerprint density at radius 2 is 2.05 bits per heavy atom. The van der Waals surface area contributed by atoms with Crippen molar-refractivity contribution in [1.29, 1.82) is 0 Å². The molecule has 0 saturated heterocycles. The fraction of sp³-hybridized carbons (Fsp3) is 0.500. The lowest BCUT2D eigenvalue weighted by Gasteiger charge is -2.30. The number of aromatic hydroxyl groups is 1. The van der Waals surface area contributed by atoms with Gasteiger partial charge in [-0.05, 0) is 62.1 Å². The van der Waals surface area contributed by atoms with Crippen LogP contribution in [0.4, 0.5) is 0 Å². The molecule has 0 fully saturated rings. The molecule has 1 aromatic carbocycles. The lowest BCUT2D eigenvalue weighted by atomic mass is 10.1. The molecule has 0 bridgehead atoms. The first-order chi connectivity index (χ1) is 8.86. The quantitative estimate of drug-likeness (QED) is 0.903. The monoisotopic (exact) mass is 328 g/mol. The van der Waals surface area contributed by atoms with Crippen LogP contribution >= 0.6 is 15.9 Å². The third-order valence-corrected chi connectivity index (χ3v) is 3.63. The lowest BCUT2D eigenvalue weighted by molar-refractivity contribution is 0.0678. The smallest absolute Gasteiger partial charge is 0.254 e. The molecular formula is C14H21BrN2O2. The average molecular weight is 329 g/mol. The number of amides is 1. The van der Waals surface area contributed by atoms with Gasteiger partial charge in [0.1, 0.15) is 5.75 Å². The first kappa shape index (κ1) is 16.0. The fourth-order valence-corrected chi connectivity index (χ4v) is 2.34. The predicted octanol–water partition coefficient (Wildman–Crippen LogP) is 2.57. The van der Waals surface area contributed by atoms with Crippen molar-refractivity contribution in [3.05, 3.63) is 28.2 Å². The van der Waals surface area contributed by atoms with Gasteiger partial charge in [0.25, 0.3) is 5.91 Å². The Hall–Kier alpha value is -1.07. The van der Waals surface area contributed by atoms with Crippen LogP contribution in [0.25, 0.3) is 0 Å². The molecule has 4 nitrogen and oxygen atoms in total. The van der Waals surface area contributed by atoms with Gasteiger partial charge in [0.05, 0.1) is 4.47 Å². The Bertz CT molecular complexity index is 449. The summed E-state index contributed by atoms with van der Waals surface area (Å²) in [6.07, 6.45) is 0. The van der Waals surface area contributed by atoms with Crippen molar-refractivity contribution in [2.75, 3.05) is 27.2 Å². The number of hydrogen-bond donors (Lipinski definition) is 1. The van der Waals surface area contributed by atoms with E-state index in [0.29, 0.717) is 16.6 Å². The zero-order valence-electron chi connectivity index (χ0n) is 11.9. The van der Waals surface area contributed by atoms with Crippen molar-refractivity contribution in [3.8, 4) is 5.75 Å². The molecule has 0 heterocycles. The number of likely N-dealkylation sites (N-methyl/N-ethyl adjacent to an activating group) is 2. The molecule has 0 aliphatic rings. The zero-order chi connectivity index (χ0) is 14.6. The molecule has 0 aliphatic carbocycles. The van der Waals surface area contributed by atoms with Gasteiger partial charge in [-0.2, -0.15) is 0 Å². The van der Waals surface area contributed by atoms with Crippen LogP contribution in [0.15, 0.2) is 22.7 Å². The third-order valence-electron chi connectivity index (χ3n) is 2.96. The number of phenols is 1. The molecule has 19 heavy (non-hydrogen) atoms. The summed E-state index contributed by atoms with van der Waals surface area (Å²) in [6, 6.07) is 5.03. The number of carbonyl (C=O) groups is 1. The summed E-state index contributed by atoms with van der Waals surface area (Å²) in [5.41, 5.74) is 0.508. The molecule has 1 aromatic rings. The second-order valence-electron chi connectivity index (χ2n) is 4.87. The molecule has 1 unspecified atom stereocenters. The van der Waals surface area contributed by atoms with Crippen molar-refractivity contribution < 1.29 is 9.90 Å². The van der Waals surface area contributed by atoms with E-state index in [9.17, 15) is 9.90 Å². The molecule has 0 aromatic heterocycles.